The van der Waals surface area contributed by atoms with Crippen LogP contribution in [0.15, 0.2) is 55.0 Å². The molecule has 1 fully saturated rings. The molecule has 3 heterocycles. The molecule has 1 unspecified atom stereocenters. The van der Waals surface area contributed by atoms with Crippen LogP contribution < -0.4 is 4.90 Å². The molecule has 1 saturated heterocycles. The Labute approximate surface area is 135 Å². The normalized spacial score (nSPS) is 18.3. The topological polar surface area (TPSA) is 49.2 Å². The number of hydrogen-bond acceptors (Lipinski definition) is 4. The molecular formula is C19H19N3O. The molecule has 2 aromatic heterocycles. The molecule has 23 heavy (non-hydrogen) atoms. The molecule has 116 valence electrons. The van der Waals surface area contributed by atoms with E-state index < -0.39 is 0 Å². The molecule has 1 atom stereocenters. The van der Waals surface area contributed by atoms with Gasteiger partial charge < -0.3 is 10.0 Å². The monoisotopic (exact) mass is 305 g/mol. The van der Waals surface area contributed by atoms with Crippen LogP contribution in [0.3, 0.4) is 0 Å². The quantitative estimate of drug-likeness (QED) is 0.784. The SMILES string of the molecule is Oc1ccc(C2CCCN(c3ccnc4ccncc34)C2)cc1. The van der Waals surface area contributed by atoms with Gasteiger partial charge in [-0.1, -0.05) is 12.1 Å². The Kier molecular flexibility index (Phi) is 3.58. The molecule has 0 bridgehead atoms. The lowest BCUT2D eigenvalue weighted by Gasteiger charge is -2.35. The molecule has 1 N–H and O–H groups in total. The number of phenolic OH excluding ortho intramolecular Hbond substituents is 1. The van der Waals surface area contributed by atoms with Gasteiger partial charge >= 0.3 is 0 Å². The molecule has 3 aromatic rings. The van der Waals surface area contributed by atoms with Gasteiger partial charge in [-0.15, -0.1) is 0 Å². The highest BCUT2D eigenvalue weighted by atomic mass is 16.3. The lowest BCUT2D eigenvalue weighted by Crippen LogP contribution is -2.34. The smallest absolute Gasteiger partial charge is 0.115 e. The predicted octanol–water partition coefficient (Wildman–Crippen LogP) is 3.72. The summed E-state index contributed by atoms with van der Waals surface area (Å²) in [6, 6.07) is 11.7. The van der Waals surface area contributed by atoms with Crippen molar-refractivity contribution in [3.63, 3.8) is 0 Å². The molecule has 1 aromatic carbocycles. The summed E-state index contributed by atoms with van der Waals surface area (Å²) in [5, 5.41) is 10.6. The lowest BCUT2D eigenvalue weighted by molar-refractivity contribution is 0.473. The number of nitrogens with zero attached hydrogens (tertiary/aromatic N) is 3. The first-order valence-electron chi connectivity index (χ1n) is 8.04. The third-order valence-electron chi connectivity index (χ3n) is 4.65. The molecule has 0 spiro atoms. The Morgan fingerprint density at radius 3 is 2.78 bits per heavy atom. The molecule has 0 aliphatic carbocycles. The number of piperidine rings is 1. The molecule has 4 nitrogen and oxygen atoms in total. The van der Waals surface area contributed by atoms with Gasteiger partial charge in [0.05, 0.1) is 5.52 Å². The van der Waals surface area contributed by atoms with E-state index in [9.17, 15) is 5.11 Å². The van der Waals surface area contributed by atoms with Crippen LogP contribution in [-0.2, 0) is 0 Å². The van der Waals surface area contributed by atoms with Crippen molar-refractivity contribution in [2.45, 2.75) is 18.8 Å². The van der Waals surface area contributed by atoms with Crippen molar-refractivity contribution in [1.82, 2.24) is 9.97 Å². The Morgan fingerprint density at radius 1 is 1.04 bits per heavy atom. The molecule has 4 heteroatoms. The molecule has 0 saturated carbocycles. The van der Waals surface area contributed by atoms with E-state index in [2.05, 4.69) is 20.9 Å². The number of rotatable bonds is 2. The summed E-state index contributed by atoms with van der Waals surface area (Å²) in [5.41, 5.74) is 3.50. The average molecular weight is 305 g/mol. The van der Waals surface area contributed by atoms with E-state index in [1.54, 1.807) is 18.3 Å². The molecule has 1 aliphatic rings. The van der Waals surface area contributed by atoms with Gasteiger partial charge in [0.25, 0.3) is 0 Å². The maximum Gasteiger partial charge on any atom is 0.115 e. The van der Waals surface area contributed by atoms with Gasteiger partial charge in [0.1, 0.15) is 5.75 Å². The number of phenols is 1. The Bertz CT molecular complexity index is 811. The van der Waals surface area contributed by atoms with Gasteiger partial charge in [-0.2, -0.15) is 0 Å². The first kappa shape index (κ1) is 14.0. The van der Waals surface area contributed by atoms with Crippen molar-refractivity contribution >= 4 is 16.6 Å². The van der Waals surface area contributed by atoms with Crippen molar-refractivity contribution in [1.29, 1.82) is 0 Å². The number of aromatic nitrogens is 2. The second-order valence-corrected chi connectivity index (χ2v) is 6.10. The maximum atomic E-state index is 9.48. The van der Waals surface area contributed by atoms with Crippen molar-refractivity contribution in [2.75, 3.05) is 18.0 Å². The zero-order chi connectivity index (χ0) is 15.6. The number of hydrogen-bond donors (Lipinski definition) is 1. The fourth-order valence-electron chi connectivity index (χ4n) is 3.47. The van der Waals surface area contributed by atoms with E-state index in [0.29, 0.717) is 11.7 Å². The first-order chi connectivity index (χ1) is 11.3. The van der Waals surface area contributed by atoms with Crippen LogP contribution in [0.5, 0.6) is 5.75 Å². The van der Waals surface area contributed by atoms with Gasteiger partial charge in [-0.05, 0) is 42.7 Å². The minimum atomic E-state index is 0.326. The summed E-state index contributed by atoms with van der Waals surface area (Å²) in [5.74, 6) is 0.817. The van der Waals surface area contributed by atoms with E-state index in [0.717, 1.165) is 30.4 Å². The second-order valence-electron chi connectivity index (χ2n) is 6.10. The zero-order valence-electron chi connectivity index (χ0n) is 12.9. The largest absolute Gasteiger partial charge is 0.508 e. The van der Waals surface area contributed by atoms with Crippen molar-refractivity contribution in [3.05, 3.63) is 60.6 Å². The Morgan fingerprint density at radius 2 is 1.91 bits per heavy atom. The minimum absolute atomic E-state index is 0.326. The van der Waals surface area contributed by atoms with Gasteiger partial charge in [0.2, 0.25) is 0 Å². The molecule has 1 aliphatic heterocycles. The Balaban J connectivity index is 1.65. The highest BCUT2D eigenvalue weighted by Gasteiger charge is 2.22. The summed E-state index contributed by atoms with van der Waals surface area (Å²) >= 11 is 0. The highest BCUT2D eigenvalue weighted by molar-refractivity contribution is 5.90. The summed E-state index contributed by atoms with van der Waals surface area (Å²) in [6.45, 7) is 2.04. The Hall–Kier alpha value is -2.62. The number of aromatic hydroxyl groups is 1. The number of benzene rings is 1. The third-order valence-corrected chi connectivity index (χ3v) is 4.65. The van der Waals surface area contributed by atoms with E-state index in [4.69, 9.17) is 0 Å². The zero-order valence-corrected chi connectivity index (χ0v) is 12.9. The van der Waals surface area contributed by atoms with E-state index in [1.165, 1.54) is 17.7 Å². The van der Waals surface area contributed by atoms with Crippen LogP contribution in [-0.4, -0.2) is 28.2 Å². The van der Waals surface area contributed by atoms with Crippen LogP contribution in [0.1, 0.15) is 24.3 Å². The van der Waals surface area contributed by atoms with Crippen molar-refractivity contribution in [2.24, 2.45) is 0 Å². The minimum Gasteiger partial charge on any atom is -0.508 e. The first-order valence-corrected chi connectivity index (χ1v) is 8.04. The van der Waals surface area contributed by atoms with Gasteiger partial charge in [0.15, 0.2) is 0 Å². The van der Waals surface area contributed by atoms with E-state index in [-0.39, 0.29) is 0 Å². The highest BCUT2D eigenvalue weighted by Crippen LogP contribution is 2.33. The second kappa shape index (κ2) is 5.88. The maximum absolute atomic E-state index is 9.48. The number of pyridine rings is 2. The molecule has 4 rings (SSSR count). The third kappa shape index (κ3) is 2.72. The molecule has 0 amide bonds. The van der Waals surface area contributed by atoms with E-state index in [1.807, 2.05) is 30.6 Å². The van der Waals surface area contributed by atoms with Gasteiger partial charge in [-0.25, -0.2) is 0 Å². The van der Waals surface area contributed by atoms with Crippen LogP contribution in [0, 0.1) is 0 Å². The summed E-state index contributed by atoms with van der Waals surface area (Å²) in [6.07, 6.45) is 7.91. The van der Waals surface area contributed by atoms with Gasteiger partial charge in [0, 0.05) is 48.7 Å². The summed E-state index contributed by atoms with van der Waals surface area (Å²) in [4.78, 5) is 11.1. The van der Waals surface area contributed by atoms with Crippen molar-refractivity contribution in [3.8, 4) is 5.75 Å². The van der Waals surface area contributed by atoms with E-state index >= 15 is 0 Å². The van der Waals surface area contributed by atoms with Crippen LogP contribution in [0.4, 0.5) is 5.69 Å². The predicted molar refractivity (Wildman–Crippen MR) is 91.8 cm³/mol. The van der Waals surface area contributed by atoms with Crippen molar-refractivity contribution < 1.29 is 5.11 Å². The van der Waals surface area contributed by atoms with Crippen LogP contribution in [0.25, 0.3) is 10.9 Å². The number of fused-ring (bicyclic) bond motifs is 1. The number of anilines is 1. The average Bonchev–Trinajstić information content (AvgIpc) is 2.62. The lowest BCUT2D eigenvalue weighted by atomic mass is 9.90. The summed E-state index contributed by atoms with van der Waals surface area (Å²) < 4.78 is 0. The standard InChI is InChI=1S/C19H19N3O/c23-16-5-3-14(4-6-16)15-2-1-11-22(13-15)19-8-10-21-18-7-9-20-12-17(18)19/h3-10,12,15,23H,1-2,11,13H2. The van der Waals surface area contributed by atoms with Crippen LogP contribution in [0.2, 0.25) is 0 Å². The molecular weight excluding hydrogens is 286 g/mol. The van der Waals surface area contributed by atoms with Crippen LogP contribution >= 0.6 is 0 Å². The summed E-state index contributed by atoms with van der Waals surface area (Å²) in [7, 11) is 0. The fourth-order valence-corrected chi connectivity index (χ4v) is 3.47. The fraction of sp³-hybridized carbons (Fsp3) is 0.263. The molecule has 0 radical (unpaired) electrons. The van der Waals surface area contributed by atoms with Gasteiger partial charge in [-0.3, -0.25) is 9.97 Å².